The lowest BCUT2D eigenvalue weighted by Crippen LogP contribution is -2.40. The highest BCUT2D eigenvalue weighted by Gasteiger charge is 2.25. The molecule has 1 rings (SSSR count). The molecule has 0 aliphatic carbocycles. The number of rotatable bonds is 8. The normalized spacial score (nSPS) is 17.4. The van der Waals surface area contributed by atoms with E-state index in [-0.39, 0.29) is 5.96 Å². The third-order valence-corrected chi connectivity index (χ3v) is 4.09. The summed E-state index contributed by atoms with van der Waals surface area (Å²) in [6, 6.07) is 0.599. The highest BCUT2D eigenvalue weighted by molar-refractivity contribution is 5.81. The predicted octanol–water partition coefficient (Wildman–Crippen LogP) is 1.51. The molecule has 1 fully saturated rings. The molecular weight excluding hydrogens is 252 g/mol. The number of guanidine groups is 1. The first kappa shape index (κ1) is 17.0. The zero-order chi connectivity index (χ0) is 15.0. The summed E-state index contributed by atoms with van der Waals surface area (Å²) in [5.74, 6) is 0.899. The van der Waals surface area contributed by atoms with Crippen LogP contribution in [0.25, 0.3) is 0 Å². The SMILES string of the molecule is CC(C)N1CCC(C(=O)CCCCCN=C(N)N)CC1. The predicted molar refractivity (Wildman–Crippen MR) is 83.6 cm³/mol. The van der Waals surface area contributed by atoms with E-state index < -0.39 is 0 Å². The van der Waals surface area contributed by atoms with Crippen molar-refractivity contribution in [1.82, 2.24) is 4.90 Å². The molecule has 0 amide bonds. The van der Waals surface area contributed by atoms with Crippen LogP contribution in [0.3, 0.4) is 0 Å². The Labute approximate surface area is 122 Å². The van der Waals surface area contributed by atoms with Crippen LogP contribution in [-0.2, 0) is 4.79 Å². The van der Waals surface area contributed by atoms with Crippen molar-refractivity contribution in [3.63, 3.8) is 0 Å². The van der Waals surface area contributed by atoms with Gasteiger partial charge in [0.05, 0.1) is 0 Å². The molecule has 1 aliphatic heterocycles. The Bertz CT molecular complexity index is 316. The highest BCUT2D eigenvalue weighted by Crippen LogP contribution is 2.21. The maximum absolute atomic E-state index is 12.1. The third-order valence-electron chi connectivity index (χ3n) is 4.09. The first-order valence-corrected chi connectivity index (χ1v) is 7.83. The van der Waals surface area contributed by atoms with Crippen LogP contribution >= 0.6 is 0 Å². The van der Waals surface area contributed by atoms with Crippen LogP contribution in [0.5, 0.6) is 0 Å². The fraction of sp³-hybridized carbons (Fsp3) is 0.867. The molecule has 20 heavy (non-hydrogen) atoms. The number of nitrogens with two attached hydrogens (primary N) is 2. The summed E-state index contributed by atoms with van der Waals surface area (Å²) < 4.78 is 0. The molecule has 4 N–H and O–H groups in total. The topological polar surface area (TPSA) is 84.7 Å². The molecule has 0 atom stereocenters. The van der Waals surface area contributed by atoms with Crippen LogP contribution in [0.15, 0.2) is 4.99 Å². The molecule has 0 aromatic heterocycles. The van der Waals surface area contributed by atoms with Gasteiger partial charge in [0.1, 0.15) is 5.78 Å². The van der Waals surface area contributed by atoms with Gasteiger partial charge in [-0.3, -0.25) is 9.79 Å². The van der Waals surface area contributed by atoms with Gasteiger partial charge in [-0.1, -0.05) is 6.42 Å². The Kier molecular flexibility index (Phi) is 7.59. The van der Waals surface area contributed by atoms with Crippen LogP contribution in [0, 0.1) is 5.92 Å². The molecule has 0 saturated carbocycles. The Morgan fingerprint density at radius 3 is 2.40 bits per heavy atom. The molecule has 0 aromatic rings. The van der Waals surface area contributed by atoms with E-state index >= 15 is 0 Å². The van der Waals surface area contributed by atoms with E-state index in [9.17, 15) is 4.79 Å². The summed E-state index contributed by atoms with van der Waals surface area (Å²) in [6.07, 6.45) is 5.72. The van der Waals surface area contributed by atoms with Gasteiger partial charge in [-0.25, -0.2) is 0 Å². The Morgan fingerprint density at radius 1 is 1.20 bits per heavy atom. The molecule has 1 saturated heterocycles. The summed E-state index contributed by atoms with van der Waals surface area (Å²) in [5.41, 5.74) is 10.5. The molecule has 0 spiro atoms. The van der Waals surface area contributed by atoms with Crippen molar-refractivity contribution in [1.29, 1.82) is 0 Å². The number of ketones is 1. The van der Waals surface area contributed by atoms with Gasteiger partial charge in [0.15, 0.2) is 5.96 Å². The number of nitrogens with zero attached hydrogens (tertiary/aromatic N) is 2. The lowest BCUT2D eigenvalue weighted by atomic mass is 9.89. The number of piperidine rings is 1. The lowest BCUT2D eigenvalue weighted by Gasteiger charge is -2.34. The minimum absolute atomic E-state index is 0.151. The molecule has 116 valence electrons. The van der Waals surface area contributed by atoms with Crippen molar-refractivity contribution in [3.8, 4) is 0 Å². The van der Waals surface area contributed by atoms with Gasteiger partial charge >= 0.3 is 0 Å². The Hall–Kier alpha value is -1.10. The maximum atomic E-state index is 12.1. The average molecular weight is 282 g/mol. The smallest absolute Gasteiger partial charge is 0.185 e. The molecule has 0 radical (unpaired) electrons. The van der Waals surface area contributed by atoms with Gasteiger partial charge in [0.25, 0.3) is 0 Å². The molecule has 5 nitrogen and oxygen atoms in total. The van der Waals surface area contributed by atoms with Crippen LogP contribution in [0.4, 0.5) is 0 Å². The summed E-state index contributed by atoms with van der Waals surface area (Å²) in [7, 11) is 0. The fourth-order valence-electron chi connectivity index (χ4n) is 2.74. The van der Waals surface area contributed by atoms with E-state index in [1.165, 1.54) is 0 Å². The third kappa shape index (κ3) is 6.37. The molecule has 1 aliphatic rings. The number of aliphatic imine (C=N–C) groups is 1. The molecule has 0 unspecified atom stereocenters. The first-order valence-electron chi connectivity index (χ1n) is 7.83. The van der Waals surface area contributed by atoms with E-state index in [1.807, 2.05) is 0 Å². The van der Waals surface area contributed by atoms with Crippen LogP contribution < -0.4 is 11.5 Å². The van der Waals surface area contributed by atoms with Crippen molar-refractivity contribution in [2.45, 2.75) is 58.4 Å². The summed E-state index contributed by atoms with van der Waals surface area (Å²) in [5, 5.41) is 0. The highest BCUT2D eigenvalue weighted by atomic mass is 16.1. The monoisotopic (exact) mass is 282 g/mol. The second kappa shape index (κ2) is 8.95. The number of hydrogen-bond donors (Lipinski definition) is 2. The van der Waals surface area contributed by atoms with E-state index in [2.05, 4.69) is 23.7 Å². The van der Waals surface area contributed by atoms with Gasteiger partial charge in [-0.05, 0) is 52.6 Å². The van der Waals surface area contributed by atoms with E-state index in [0.717, 1.165) is 45.2 Å². The van der Waals surface area contributed by atoms with E-state index in [1.54, 1.807) is 0 Å². The molecule has 5 heteroatoms. The second-order valence-corrected chi connectivity index (χ2v) is 5.99. The van der Waals surface area contributed by atoms with E-state index in [0.29, 0.717) is 30.7 Å². The van der Waals surface area contributed by atoms with Crippen LogP contribution in [-0.4, -0.2) is 42.3 Å². The number of unbranched alkanes of at least 4 members (excludes halogenated alkanes) is 2. The zero-order valence-electron chi connectivity index (χ0n) is 13.0. The molecule has 0 aromatic carbocycles. The summed E-state index contributed by atoms with van der Waals surface area (Å²) in [6.45, 7) is 7.25. The summed E-state index contributed by atoms with van der Waals surface area (Å²) >= 11 is 0. The number of hydrogen-bond acceptors (Lipinski definition) is 3. The van der Waals surface area contributed by atoms with Gasteiger partial charge in [-0.15, -0.1) is 0 Å². The maximum Gasteiger partial charge on any atom is 0.185 e. The van der Waals surface area contributed by atoms with Gasteiger partial charge < -0.3 is 16.4 Å². The quantitative estimate of drug-likeness (QED) is 0.401. The van der Waals surface area contributed by atoms with Crippen LogP contribution in [0.2, 0.25) is 0 Å². The number of Topliss-reactive ketones (excluding diaryl/α,β-unsaturated/α-hetero) is 1. The Morgan fingerprint density at radius 2 is 1.85 bits per heavy atom. The van der Waals surface area contributed by atoms with Crippen molar-refractivity contribution in [2.24, 2.45) is 22.4 Å². The fourth-order valence-corrected chi connectivity index (χ4v) is 2.74. The van der Waals surface area contributed by atoms with E-state index in [4.69, 9.17) is 11.5 Å². The Balaban J connectivity index is 2.10. The molecular formula is C15H30N4O. The number of carbonyl (C=O) groups excluding carboxylic acids is 1. The van der Waals surface area contributed by atoms with Gasteiger partial charge in [0.2, 0.25) is 0 Å². The second-order valence-electron chi connectivity index (χ2n) is 5.99. The van der Waals surface area contributed by atoms with Gasteiger partial charge in [0, 0.05) is 24.9 Å². The van der Waals surface area contributed by atoms with Gasteiger partial charge in [-0.2, -0.15) is 0 Å². The van der Waals surface area contributed by atoms with Crippen molar-refractivity contribution in [3.05, 3.63) is 0 Å². The number of likely N-dealkylation sites (tertiary alicyclic amines) is 1. The summed E-state index contributed by atoms with van der Waals surface area (Å²) in [4.78, 5) is 18.5. The van der Waals surface area contributed by atoms with Crippen molar-refractivity contribution >= 4 is 11.7 Å². The van der Waals surface area contributed by atoms with Crippen molar-refractivity contribution < 1.29 is 4.79 Å². The average Bonchev–Trinajstić information content (AvgIpc) is 2.42. The zero-order valence-corrected chi connectivity index (χ0v) is 13.0. The largest absolute Gasteiger partial charge is 0.370 e. The van der Waals surface area contributed by atoms with Crippen LogP contribution in [0.1, 0.15) is 52.4 Å². The molecule has 1 heterocycles. The standard InChI is InChI=1S/C15H30N4O/c1-12(2)19-10-7-13(8-11-19)14(20)6-4-3-5-9-18-15(16)17/h12-13H,3-11H2,1-2H3,(H4,16,17,18). The van der Waals surface area contributed by atoms with Crippen molar-refractivity contribution in [2.75, 3.05) is 19.6 Å². The minimum Gasteiger partial charge on any atom is -0.370 e. The lowest BCUT2D eigenvalue weighted by molar-refractivity contribution is -0.124. The first-order chi connectivity index (χ1) is 9.50. The molecule has 0 bridgehead atoms. The minimum atomic E-state index is 0.151. The number of carbonyl (C=O) groups is 1.